The number of nitrogens with one attached hydrogen (secondary N) is 2. The molecule has 0 atom stereocenters. The van der Waals surface area contributed by atoms with E-state index in [1.54, 1.807) is 26.3 Å². The minimum atomic E-state index is -4.39. The summed E-state index contributed by atoms with van der Waals surface area (Å²) in [6.45, 7) is -0.365. The van der Waals surface area contributed by atoms with E-state index in [0.717, 1.165) is 11.1 Å². The topological polar surface area (TPSA) is 67.8 Å². The van der Waals surface area contributed by atoms with E-state index in [9.17, 15) is 13.2 Å². The van der Waals surface area contributed by atoms with Crippen LogP contribution in [0.3, 0.4) is 0 Å². The van der Waals surface area contributed by atoms with E-state index < -0.39 is 12.8 Å². The maximum Gasteiger partial charge on any atom is 0.422 e. The number of pyridine rings is 1. The van der Waals surface area contributed by atoms with Crippen molar-refractivity contribution in [2.24, 2.45) is 4.99 Å². The highest BCUT2D eigenvalue weighted by atomic mass is 35.5. The lowest BCUT2D eigenvalue weighted by molar-refractivity contribution is -0.154. The Balaban J connectivity index is 1.77. The summed E-state index contributed by atoms with van der Waals surface area (Å²) in [7, 11) is 3.23. The van der Waals surface area contributed by atoms with Crippen LogP contribution in [0.2, 0.25) is 5.02 Å². The maximum absolute atomic E-state index is 12.1. The zero-order valence-corrected chi connectivity index (χ0v) is 16.8. The molecule has 0 saturated carbocycles. The molecule has 2 rings (SSSR count). The van der Waals surface area contributed by atoms with Gasteiger partial charge in [0.15, 0.2) is 12.6 Å². The monoisotopic (exact) mass is 430 g/mol. The summed E-state index contributed by atoms with van der Waals surface area (Å²) >= 11 is 6.23. The van der Waals surface area contributed by atoms with Crippen LogP contribution in [0.5, 0.6) is 11.6 Å². The van der Waals surface area contributed by atoms with Gasteiger partial charge in [-0.15, -0.1) is 0 Å². The van der Waals surface area contributed by atoms with E-state index in [0.29, 0.717) is 36.2 Å². The molecule has 0 aliphatic carbocycles. The van der Waals surface area contributed by atoms with E-state index in [-0.39, 0.29) is 5.88 Å². The Labute approximate surface area is 172 Å². The Morgan fingerprint density at radius 2 is 2.00 bits per heavy atom. The molecule has 1 aromatic carbocycles. The largest absolute Gasteiger partial charge is 0.497 e. The normalized spacial score (nSPS) is 11.9. The molecule has 0 radical (unpaired) electrons. The fraction of sp³-hybridized carbons (Fsp3) is 0.368. The van der Waals surface area contributed by atoms with Gasteiger partial charge in [-0.1, -0.05) is 23.7 Å². The predicted molar refractivity (Wildman–Crippen MR) is 106 cm³/mol. The summed E-state index contributed by atoms with van der Waals surface area (Å²) in [5.41, 5.74) is 1.75. The molecule has 0 saturated heterocycles. The van der Waals surface area contributed by atoms with Gasteiger partial charge < -0.3 is 20.1 Å². The lowest BCUT2D eigenvalue weighted by atomic mass is 10.1. The van der Waals surface area contributed by atoms with Crippen LogP contribution in [0.25, 0.3) is 0 Å². The number of ether oxygens (including phenoxy) is 2. The van der Waals surface area contributed by atoms with E-state index >= 15 is 0 Å². The molecular weight excluding hydrogens is 409 g/mol. The van der Waals surface area contributed by atoms with Gasteiger partial charge in [-0.05, 0) is 29.7 Å². The second-order valence-electron chi connectivity index (χ2n) is 5.97. The first-order valence-corrected chi connectivity index (χ1v) is 9.10. The molecule has 158 valence electrons. The van der Waals surface area contributed by atoms with Crippen molar-refractivity contribution < 1.29 is 22.6 Å². The summed E-state index contributed by atoms with van der Waals surface area (Å²) < 4.78 is 46.1. The smallest absolute Gasteiger partial charge is 0.422 e. The van der Waals surface area contributed by atoms with Crippen molar-refractivity contribution in [2.45, 2.75) is 19.1 Å². The molecule has 10 heteroatoms. The Kier molecular flexibility index (Phi) is 8.38. The minimum Gasteiger partial charge on any atom is -0.497 e. The highest BCUT2D eigenvalue weighted by molar-refractivity contribution is 6.31. The summed E-state index contributed by atoms with van der Waals surface area (Å²) in [6, 6.07) is 8.55. The van der Waals surface area contributed by atoms with Crippen molar-refractivity contribution in [2.75, 3.05) is 27.3 Å². The first-order valence-electron chi connectivity index (χ1n) is 8.72. The Morgan fingerprint density at radius 3 is 2.59 bits per heavy atom. The fourth-order valence-corrected chi connectivity index (χ4v) is 2.60. The van der Waals surface area contributed by atoms with Crippen LogP contribution in [-0.2, 0) is 13.0 Å². The SMILES string of the molecule is CN=C(NCCc1ccc(OC)cc1Cl)NCc1ccc(OCC(F)(F)F)nc1. The van der Waals surface area contributed by atoms with E-state index in [1.165, 1.54) is 12.3 Å². The third kappa shape index (κ3) is 8.06. The van der Waals surface area contributed by atoms with Gasteiger partial charge in [0.05, 0.1) is 7.11 Å². The van der Waals surface area contributed by atoms with Gasteiger partial charge in [-0.25, -0.2) is 4.98 Å². The number of aromatic nitrogens is 1. The third-order valence-corrected chi connectivity index (χ3v) is 4.16. The highest BCUT2D eigenvalue weighted by Crippen LogP contribution is 2.22. The second kappa shape index (κ2) is 10.8. The van der Waals surface area contributed by atoms with Gasteiger partial charge in [-0.2, -0.15) is 13.2 Å². The van der Waals surface area contributed by atoms with Crippen LogP contribution in [0.4, 0.5) is 13.2 Å². The fourth-order valence-electron chi connectivity index (χ4n) is 2.34. The van der Waals surface area contributed by atoms with Crippen molar-refractivity contribution in [3.63, 3.8) is 0 Å². The predicted octanol–water partition coefficient (Wildman–Crippen LogP) is 3.59. The van der Waals surface area contributed by atoms with Gasteiger partial charge in [0.1, 0.15) is 5.75 Å². The number of alkyl halides is 3. The molecule has 0 aliphatic heterocycles. The van der Waals surface area contributed by atoms with Gasteiger partial charge in [0.25, 0.3) is 0 Å². The van der Waals surface area contributed by atoms with Crippen molar-refractivity contribution in [3.05, 3.63) is 52.7 Å². The van der Waals surface area contributed by atoms with E-state index in [4.69, 9.17) is 16.3 Å². The first kappa shape index (κ1) is 22.6. The molecule has 0 unspecified atom stereocenters. The molecule has 0 spiro atoms. The third-order valence-electron chi connectivity index (χ3n) is 3.81. The summed E-state index contributed by atoms with van der Waals surface area (Å²) in [6.07, 6.45) is -2.25. The van der Waals surface area contributed by atoms with Gasteiger partial charge in [-0.3, -0.25) is 4.99 Å². The summed E-state index contributed by atoms with van der Waals surface area (Å²) in [4.78, 5) is 7.99. The lowest BCUT2D eigenvalue weighted by Gasteiger charge is -2.13. The van der Waals surface area contributed by atoms with Crippen LogP contribution in [0.15, 0.2) is 41.5 Å². The second-order valence-corrected chi connectivity index (χ2v) is 6.38. The lowest BCUT2D eigenvalue weighted by Crippen LogP contribution is -2.37. The van der Waals surface area contributed by atoms with Crippen LogP contribution in [0.1, 0.15) is 11.1 Å². The van der Waals surface area contributed by atoms with Crippen molar-refractivity contribution in [1.82, 2.24) is 15.6 Å². The van der Waals surface area contributed by atoms with Crippen molar-refractivity contribution in [1.29, 1.82) is 0 Å². The minimum absolute atomic E-state index is 0.0787. The molecular formula is C19H22ClF3N4O2. The number of aliphatic imine (C=N–C) groups is 1. The molecule has 6 nitrogen and oxygen atoms in total. The van der Waals surface area contributed by atoms with E-state index in [2.05, 4.69) is 25.3 Å². The van der Waals surface area contributed by atoms with E-state index in [1.807, 2.05) is 12.1 Å². The number of halogens is 4. The zero-order valence-electron chi connectivity index (χ0n) is 16.0. The number of guanidine groups is 1. The van der Waals surface area contributed by atoms with Gasteiger partial charge >= 0.3 is 6.18 Å². The van der Waals surface area contributed by atoms with Crippen LogP contribution >= 0.6 is 11.6 Å². The number of rotatable bonds is 8. The standard InChI is InChI=1S/C19H22ClF3N4O2/c1-24-18(25-8-7-14-4-5-15(28-2)9-16(14)20)27-11-13-3-6-17(26-10-13)29-12-19(21,22)23/h3-6,9-10H,7-8,11-12H2,1-2H3,(H2,24,25,27). The Morgan fingerprint density at radius 1 is 1.21 bits per heavy atom. The number of hydrogen-bond acceptors (Lipinski definition) is 4. The molecule has 2 aromatic rings. The molecule has 0 aliphatic rings. The molecule has 0 fully saturated rings. The zero-order chi connectivity index (χ0) is 21.3. The average Bonchev–Trinajstić information content (AvgIpc) is 2.70. The Bertz CT molecular complexity index is 814. The Hall–Kier alpha value is -2.68. The number of nitrogens with zero attached hydrogens (tertiary/aromatic N) is 2. The quantitative estimate of drug-likeness (QED) is 0.495. The molecule has 0 bridgehead atoms. The van der Waals surface area contributed by atoms with Crippen molar-refractivity contribution >= 4 is 17.6 Å². The highest BCUT2D eigenvalue weighted by Gasteiger charge is 2.28. The molecule has 1 heterocycles. The molecule has 1 aromatic heterocycles. The molecule has 2 N–H and O–H groups in total. The van der Waals surface area contributed by atoms with Crippen LogP contribution in [0, 0.1) is 0 Å². The maximum atomic E-state index is 12.1. The number of benzene rings is 1. The van der Waals surface area contributed by atoms with Crippen LogP contribution < -0.4 is 20.1 Å². The summed E-state index contributed by atoms with van der Waals surface area (Å²) in [5.74, 6) is 1.20. The average molecular weight is 431 g/mol. The summed E-state index contributed by atoms with van der Waals surface area (Å²) in [5, 5.41) is 6.91. The first-order chi connectivity index (χ1) is 13.8. The van der Waals surface area contributed by atoms with Crippen molar-refractivity contribution in [3.8, 4) is 11.6 Å². The molecule has 29 heavy (non-hydrogen) atoms. The van der Waals surface area contributed by atoms with Gasteiger partial charge in [0, 0.05) is 37.4 Å². The molecule has 0 amide bonds. The number of hydrogen-bond donors (Lipinski definition) is 2. The van der Waals surface area contributed by atoms with Gasteiger partial charge in [0.2, 0.25) is 5.88 Å². The number of methoxy groups -OCH3 is 1. The van der Waals surface area contributed by atoms with Crippen LogP contribution in [-0.4, -0.2) is 44.4 Å².